The molecule has 7 nitrogen and oxygen atoms in total. The van der Waals surface area contributed by atoms with Crippen molar-refractivity contribution in [3.05, 3.63) is 33.9 Å². The van der Waals surface area contributed by atoms with Crippen LogP contribution in [0.4, 0.5) is 11.6 Å². The van der Waals surface area contributed by atoms with E-state index in [2.05, 4.69) is 5.16 Å². The first-order valence-electron chi connectivity index (χ1n) is 5.65. The van der Waals surface area contributed by atoms with Gasteiger partial charge in [0.15, 0.2) is 0 Å². The van der Waals surface area contributed by atoms with Crippen LogP contribution in [-0.4, -0.2) is 17.2 Å². The third-order valence-electron chi connectivity index (χ3n) is 2.82. The number of nitrogen functional groups attached to an aromatic ring is 1. The zero-order valence-corrected chi connectivity index (χ0v) is 10.5. The Bertz CT molecular complexity index is 621. The lowest BCUT2D eigenvalue weighted by molar-refractivity contribution is -0.385. The van der Waals surface area contributed by atoms with Gasteiger partial charge in [-0.25, -0.2) is 0 Å². The number of nitro benzene ring substituents is 1. The van der Waals surface area contributed by atoms with Crippen molar-refractivity contribution in [3.8, 4) is 17.0 Å². The molecule has 2 N–H and O–H groups in total. The van der Waals surface area contributed by atoms with E-state index >= 15 is 0 Å². The minimum absolute atomic E-state index is 0.122. The molecule has 1 aromatic carbocycles. The van der Waals surface area contributed by atoms with Crippen molar-refractivity contribution in [1.29, 1.82) is 0 Å². The molecule has 1 heterocycles. The average molecular weight is 263 g/mol. The molecule has 100 valence electrons. The second kappa shape index (κ2) is 4.97. The molecule has 2 rings (SSSR count). The third kappa shape index (κ3) is 2.10. The van der Waals surface area contributed by atoms with E-state index in [0.717, 1.165) is 0 Å². The number of nitro groups is 1. The van der Waals surface area contributed by atoms with Gasteiger partial charge < -0.3 is 15.0 Å². The zero-order valence-electron chi connectivity index (χ0n) is 10.5. The van der Waals surface area contributed by atoms with Crippen molar-refractivity contribution in [2.75, 3.05) is 12.8 Å². The molecular formula is C12H13N3O4. The quantitative estimate of drug-likeness (QED) is 0.670. The normalized spacial score (nSPS) is 10.4. The molecule has 0 bridgehead atoms. The van der Waals surface area contributed by atoms with Crippen LogP contribution < -0.4 is 10.5 Å². The number of aromatic nitrogens is 1. The molecule has 0 saturated carbocycles. The van der Waals surface area contributed by atoms with E-state index in [1.807, 2.05) is 6.92 Å². The van der Waals surface area contributed by atoms with Crippen LogP contribution in [0.5, 0.6) is 5.75 Å². The number of rotatable bonds is 4. The summed E-state index contributed by atoms with van der Waals surface area (Å²) in [6.07, 6.45) is 0.608. The van der Waals surface area contributed by atoms with Gasteiger partial charge in [-0.2, -0.15) is 0 Å². The Morgan fingerprint density at radius 2 is 2.26 bits per heavy atom. The van der Waals surface area contributed by atoms with Gasteiger partial charge in [0.2, 0.25) is 11.6 Å². The fourth-order valence-corrected chi connectivity index (χ4v) is 1.94. The number of benzene rings is 1. The van der Waals surface area contributed by atoms with Crippen molar-refractivity contribution in [2.24, 2.45) is 0 Å². The Morgan fingerprint density at radius 1 is 1.53 bits per heavy atom. The standard InChI is InChI=1S/C12H13N3O4/c1-3-7-10(14-19-12(7)13)8-5-4-6-9(15(16)17)11(8)18-2/h4-6H,3,13H2,1-2H3. The lowest BCUT2D eigenvalue weighted by atomic mass is 10.0. The van der Waals surface area contributed by atoms with Crippen LogP contribution in [0.2, 0.25) is 0 Å². The highest BCUT2D eigenvalue weighted by molar-refractivity contribution is 5.76. The second-order valence-electron chi connectivity index (χ2n) is 3.84. The van der Waals surface area contributed by atoms with Gasteiger partial charge in [-0.1, -0.05) is 18.1 Å². The topological polar surface area (TPSA) is 104 Å². The molecule has 2 aromatic rings. The van der Waals surface area contributed by atoms with E-state index in [0.29, 0.717) is 23.2 Å². The monoisotopic (exact) mass is 263 g/mol. The Hall–Kier alpha value is -2.57. The number of ether oxygens (including phenoxy) is 1. The smallest absolute Gasteiger partial charge is 0.311 e. The number of anilines is 1. The Labute approximate surface area is 109 Å². The molecule has 0 aliphatic carbocycles. The molecule has 0 fully saturated rings. The maximum atomic E-state index is 11.0. The van der Waals surface area contributed by atoms with Crippen LogP contribution in [0.25, 0.3) is 11.3 Å². The highest BCUT2D eigenvalue weighted by Gasteiger charge is 2.23. The summed E-state index contributed by atoms with van der Waals surface area (Å²) < 4.78 is 10.1. The summed E-state index contributed by atoms with van der Waals surface area (Å²) in [4.78, 5) is 10.5. The summed E-state index contributed by atoms with van der Waals surface area (Å²) in [6, 6.07) is 4.62. The number of para-hydroxylation sites is 1. The highest BCUT2D eigenvalue weighted by atomic mass is 16.6. The van der Waals surface area contributed by atoms with E-state index in [4.69, 9.17) is 15.0 Å². The SMILES string of the molecule is CCc1c(-c2cccc([N+](=O)[O-])c2OC)noc1N. The molecule has 19 heavy (non-hydrogen) atoms. The molecule has 0 aliphatic rings. The fraction of sp³-hybridized carbons (Fsp3) is 0.250. The summed E-state index contributed by atoms with van der Waals surface area (Å²) in [6.45, 7) is 1.90. The number of hydrogen-bond acceptors (Lipinski definition) is 6. The van der Waals surface area contributed by atoms with Crippen molar-refractivity contribution in [1.82, 2.24) is 5.16 Å². The van der Waals surface area contributed by atoms with Gasteiger partial charge in [0.25, 0.3) is 0 Å². The van der Waals surface area contributed by atoms with E-state index in [1.54, 1.807) is 12.1 Å². The molecule has 0 aliphatic heterocycles. The van der Waals surface area contributed by atoms with Gasteiger partial charge in [-0.15, -0.1) is 0 Å². The number of methoxy groups -OCH3 is 1. The van der Waals surface area contributed by atoms with Gasteiger partial charge in [-0.05, 0) is 12.5 Å². The predicted molar refractivity (Wildman–Crippen MR) is 68.9 cm³/mol. The fourth-order valence-electron chi connectivity index (χ4n) is 1.94. The largest absolute Gasteiger partial charge is 0.490 e. The molecule has 0 radical (unpaired) electrons. The molecule has 0 atom stereocenters. The summed E-state index contributed by atoms with van der Waals surface area (Å²) in [7, 11) is 1.38. The molecule has 0 spiro atoms. The molecular weight excluding hydrogens is 250 g/mol. The molecule has 0 unspecified atom stereocenters. The van der Waals surface area contributed by atoms with Gasteiger partial charge in [0.1, 0.15) is 5.69 Å². The van der Waals surface area contributed by atoms with Crippen LogP contribution in [0, 0.1) is 10.1 Å². The third-order valence-corrected chi connectivity index (χ3v) is 2.82. The predicted octanol–water partition coefficient (Wildman–Crippen LogP) is 2.40. The minimum atomic E-state index is -0.503. The second-order valence-corrected chi connectivity index (χ2v) is 3.84. The first-order chi connectivity index (χ1) is 9.10. The van der Waals surface area contributed by atoms with Crippen LogP contribution in [-0.2, 0) is 6.42 Å². The van der Waals surface area contributed by atoms with Crippen LogP contribution in [0.15, 0.2) is 22.7 Å². The maximum Gasteiger partial charge on any atom is 0.311 e. The van der Waals surface area contributed by atoms with Crippen molar-refractivity contribution < 1.29 is 14.2 Å². The van der Waals surface area contributed by atoms with E-state index in [9.17, 15) is 10.1 Å². The van der Waals surface area contributed by atoms with Crippen LogP contribution in [0.3, 0.4) is 0 Å². The van der Waals surface area contributed by atoms with Crippen molar-refractivity contribution in [3.63, 3.8) is 0 Å². The van der Waals surface area contributed by atoms with Gasteiger partial charge in [0, 0.05) is 11.6 Å². The lowest BCUT2D eigenvalue weighted by Crippen LogP contribution is -1.97. The summed E-state index contributed by atoms with van der Waals surface area (Å²) in [5.41, 5.74) is 7.23. The average Bonchev–Trinajstić information content (AvgIpc) is 2.78. The van der Waals surface area contributed by atoms with Crippen molar-refractivity contribution in [2.45, 2.75) is 13.3 Å². The summed E-state index contributed by atoms with van der Waals surface area (Å²) in [5, 5.41) is 14.8. The van der Waals surface area contributed by atoms with Crippen LogP contribution >= 0.6 is 0 Å². The molecule has 0 amide bonds. The summed E-state index contributed by atoms with van der Waals surface area (Å²) >= 11 is 0. The number of nitrogens with two attached hydrogens (primary N) is 1. The highest BCUT2D eigenvalue weighted by Crippen LogP contribution is 2.39. The first-order valence-corrected chi connectivity index (χ1v) is 5.65. The number of nitrogens with zero attached hydrogens (tertiary/aromatic N) is 2. The van der Waals surface area contributed by atoms with Crippen molar-refractivity contribution >= 4 is 11.6 Å². The maximum absolute atomic E-state index is 11.0. The van der Waals surface area contributed by atoms with Gasteiger partial charge in [0.05, 0.1) is 17.6 Å². The molecule has 1 aromatic heterocycles. The lowest BCUT2D eigenvalue weighted by Gasteiger charge is -2.07. The minimum Gasteiger partial charge on any atom is -0.490 e. The first kappa shape index (κ1) is 12.9. The molecule has 7 heteroatoms. The van der Waals surface area contributed by atoms with Crippen LogP contribution in [0.1, 0.15) is 12.5 Å². The summed E-state index contributed by atoms with van der Waals surface area (Å²) in [5.74, 6) is 0.363. The number of hydrogen-bond donors (Lipinski definition) is 1. The Kier molecular flexibility index (Phi) is 3.37. The zero-order chi connectivity index (χ0) is 14.0. The van der Waals surface area contributed by atoms with Gasteiger partial charge >= 0.3 is 5.69 Å². The van der Waals surface area contributed by atoms with Gasteiger partial charge in [-0.3, -0.25) is 10.1 Å². The Morgan fingerprint density at radius 3 is 2.84 bits per heavy atom. The van der Waals surface area contributed by atoms with E-state index in [-0.39, 0.29) is 17.3 Å². The van der Waals surface area contributed by atoms with E-state index < -0.39 is 4.92 Å². The molecule has 0 saturated heterocycles. The van der Waals surface area contributed by atoms with E-state index in [1.165, 1.54) is 13.2 Å². The Balaban J connectivity index is 2.68.